The molecule has 0 radical (unpaired) electrons. The summed E-state index contributed by atoms with van der Waals surface area (Å²) in [5.74, 6) is 6.12. The van der Waals surface area contributed by atoms with Crippen LogP contribution in [0.25, 0.3) is 0 Å². The molecule has 2 unspecified atom stereocenters. The first-order valence-electron chi connectivity index (χ1n) is 9.24. The van der Waals surface area contributed by atoms with Gasteiger partial charge in [0.25, 0.3) is 0 Å². The van der Waals surface area contributed by atoms with Crippen molar-refractivity contribution in [3.63, 3.8) is 0 Å². The predicted octanol–water partition coefficient (Wildman–Crippen LogP) is 2.83. The van der Waals surface area contributed by atoms with Crippen LogP contribution >= 0.6 is 0 Å². The van der Waals surface area contributed by atoms with E-state index in [1.807, 2.05) is 25.7 Å². The Bertz CT molecular complexity index is 544. The van der Waals surface area contributed by atoms with Gasteiger partial charge in [0.05, 0.1) is 0 Å². The average molecular weight is 349 g/mol. The van der Waals surface area contributed by atoms with Crippen molar-refractivity contribution in [2.75, 3.05) is 26.2 Å². The van der Waals surface area contributed by atoms with Gasteiger partial charge in [-0.3, -0.25) is 0 Å². The molecule has 0 spiro atoms. The summed E-state index contributed by atoms with van der Waals surface area (Å²) < 4.78 is 5.49. The van der Waals surface area contributed by atoms with Gasteiger partial charge >= 0.3 is 12.1 Å². The van der Waals surface area contributed by atoms with E-state index in [1.165, 1.54) is 0 Å². The third-order valence-corrected chi connectivity index (χ3v) is 4.68. The number of urea groups is 1. The first-order chi connectivity index (χ1) is 11.8. The Morgan fingerprint density at radius 1 is 1.24 bits per heavy atom. The molecular formula is C19H31N3O3. The Morgan fingerprint density at radius 3 is 2.68 bits per heavy atom. The summed E-state index contributed by atoms with van der Waals surface area (Å²) in [6.45, 7) is 10.1. The number of nitrogens with one attached hydrogen (secondary N) is 1. The number of rotatable bonds is 2. The second-order valence-electron chi connectivity index (χ2n) is 7.79. The third-order valence-electron chi connectivity index (χ3n) is 4.68. The van der Waals surface area contributed by atoms with Crippen molar-refractivity contribution < 1.29 is 14.3 Å². The Kier molecular flexibility index (Phi) is 6.57. The smallest absolute Gasteiger partial charge is 0.410 e. The summed E-state index contributed by atoms with van der Waals surface area (Å²) >= 11 is 0. The molecule has 6 heteroatoms. The Labute approximate surface area is 151 Å². The molecule has 2 fully saturated rings. The van der Waals surface area contributed by atoms with E-state index < -0.39 is 5.60 Å². The lowest BCUT2D eigenvalue weighted by Gasteiger charge is -2.47. The van der Waals surface area contributed by atoms with E-state index in [-0.39, 0.29) is 18.2 Å². The first-order valence-corrected chi connectivity index (χ1v) is 9.24. The number of hydrogen-bond donors (Lipinski definition) is 1. The predicted molar refractivity (Wildman–Crippen MR) is 97.1 cm³/mol. The summed E-state index contributed by atoms with van der Waals surface area (Å²) in [6.07, 6.45) is 3.27. The fourth-order valence-corrected chi connectivity index (χ4v) is 3.61. The molecule has 2 rings (SSSR count). The molecule has 6 nitrogen and oxygen atoms in total. The van der Waals surface area contributed by atoms with E-state index in [9.17, 15) is 9.59 Å². The topological polar surface area (TPSA) is 61.9 Å². The Morgan fingerprint density at radius 2 is 2.00 bits per heavy atom. The number of fused-ring (bicyclic) bond motifs is 1. The summed E-state index contributed by atoms with van der Waals surface area (Å²) in [5.41, 5.74) is -0.478. The van der Waals surface area contributed by atoms with E-state index in [2.05, 4.69) is 17.2 Å². The number of carbonyl (C=O) groups is 2. The highest BCUT2D eigenvalue weighted by atomic mass is 16.6. The molecule has 2 aliphatic heterocycles. The summed E-state index contributed by atoms with van der Waals surface area (Å²) in [6, 6.07) is 0.211. The van der Waals surface area contributed by atoms with Crippen LogP contribution in [0.15, 0.2) is 0 Å². The van der Waals surface area contributed by atoms with Crippen LogP contribution in [0.2, 0.25) is 0 Å². The number of ether oxygens (including phenoxy) is 1. The number of piperidine rings is 2. The van der Waals surface area contributed by atoms with Gasteiger partial charge in [-0.05, 0) is 52.9 Å². The highest BCUT2D eigenvalue weighted by Gasteiger charge is 2.40. The van der Waals surface area contributed by atoms with E-state index in [4.69, 9.17) is 4.74 Å². The highest BCUT2D eigenvalue weighted by molar-refractivity contribution is 5.75. The largest absolute Gasteiger partial charge is 0.444 e. The zero-order valence-corrected chi connectivity index (χ0v) is 15.9. The second kappa shape index (κ2) is 8.46. The van der Waals surface area contributed by atoms with Crippen LogP contribution in [0.5, 0.6) is 0 Å². The molecule has 140 valence electrons. The molecule has 0 aromatic rings. The lowest BCUT2D eigenvalue weighted by Crippen LogP contribution is -2.58. The van der Waals surface area contributed by atoms with E-state index >= 15 is 0 Å². The van der Waals surface area contributed by atoms with Gasteiger partial charge in [-0.2, -0.15) is 0 Å². The maximum absolute atomic E-state index is 12.5. The minimum Gasteiger partial charge on any atom is -0.444 e. The van der Waals surface area contributed by atoms with Crippen molar-refractivity contribution >= 4 is 12.1 Å². The average Bonchev–Trinajstić information content (AvgIpc) is 2.56. The third kappa shape index (κ3) is 5.55. The second-order valence-corrected chi connectivity index (χ2v) is 7.79. The van der Waals surface area contributed by atoms with Crippen molar-refractivity contribution in [3.8, 4) is 11.8 Å². The minimum absolute atomic E-state index is 0.00155. The van der Waals surface area contributed by atoms with Crippen molar-refractivity contribution in [3.05, 3.63) is 0 Å². The molecule has 2 atom stereocenters. The zero-order valence-electron chi connectivity index (χ0n) is 15.9. The number of likely N-dealkylation sites (tertiary alicyclic amines) is 2. The molecule has 0 saturated carbocycles. The van der Waals surface area contributed by atoms with Crippen LogP contribution < -0.4 is 5.32 Å². The van der Waals surface area contributed by atoms with Gasteiger partial charge < -0.3 is 19.9 Å². The molecule has 0 aromatic heterocycles. The SMILES string of the molecule is CC#CCCNC(=O)N1CCCC2CN(C(=O)OC(C)(C)C)CCC21. The number of carbonyl (C=O) groups excluding carboxylic acids is 2. The molecule has 2 aliphatic rings. The van der Waals surface area contributed by atoms with E-state index in [1.54, 1.807) is 11.8 Å². The van der Waals surface area contributed by atoms with Gasteiger partial charge in [-0.25, -0.2) is 9.59 Å². The normalized spacial score (nSPS) is 23.2. The van der Waals surface area contributed by atoms with Gasteiger partial charge in [0.15, 0.2) is 0 Å². The maximum atomic E-state index is 12.5. The zero-order chi connectivity index (χ0) is 18.4. The monoisotopic (exact) mass is 349 g/mol. The highest BCUT2D eigenvalue weighted by Crippen LogP contribution is 2.31. The van der Waals surface area contributed by atoms with Crippen LogP contribution in [0.1, 0.15) is 53.4 Å². The Hall–Kier alpha value is -1.90. The maximum Gasteiger partial charge on any atom is 0.410 e. The lowest BCUT2D eigenvalue weighted by molar-refractivity contribution is -0.00138. The molecule has 2 heterocycles. The number of nitrogens with zero attached hydrogens (tertiary/aromatic N) is 2. The molecular weight excluding hydrogens is 318 g/mol. The summed E-state index contributed by atoms with van der Waals surface area (Å²) in [4.78, 5) is 28.5. The van der Waals surface area contributed by atoms with Gasteiger partial charge in [0.1, 0.15) is 5.60 Å². The van der Waals surface area contributed by atoms with E-state index in [0.717, 1.165) is 25.8 Å². The lowest BCUT2D eigenvalue weighted by atomic mass is 9.84. The van der Waals surface area contributed by atoms with Gasteiger partial charge in [-0.15, -0.1) is 11.8 Å². The van der Waals surface area contributed by atoms with Crippen molar-refractivity contribution in [2.45, 2.75) is 65.0 Å². The van der Waals surface area contributed by atoms with Crippen LogP contribution in [0.4, 0.5) is 9.59 Å². The standard InChI is InChI=1S/C19H31N3O3/c1-5-6-7-11-20-17(23)22-12-8-9-15-14-21(13-10-16(15)22)18(24)25-19(2,3)4/h15-16H,7-14H2,1-4H3,(H,20,23). The van der Waals surface area contributed by atoms with Crippen LogP contribution in [0.3, 0.4) is 0 Å². The minimum atomic E-state index is -0.478. The van der Waals surface area contributed by atoms with Crippen molar-refractivity contribution in [1.29, 1.82) is 0 Å². The fraction of sp³-hybridized carbons (Fsp3) is 0.789. The fourth-order valence-electron chi connectivity index (χ4n) is 3.61. The summed E-state index contributed by atoms with van der Waals surface area (Å²) in [5, 5.41) is 2.96. The molecule has 1 N–H and O–H groups in total. The van der Waals surface area contributed by atoms with Gasteiger partial charge in [0.2, 0.25) is 0 Å². The molecule has 25 heavy (non-hydrogen) atoms. The Balaban J connectivity index is 1.90. The van der Waals surface area contributed by atoms with E-state index in [0.29, 0.717) is 32.0 Å². The van der Waals surface area contributed by atoms with Crippen LogP contribution in [0, 0.1) is 17.8 Å². The molecule has 0 bridgehead atoms. The van der Waals surface area contributed by atoms with Gasteiger partial charge in [0, 0.05) is 38.6 Å². The van der Waals surface area contributed by atoms with Crippen molar-refractivity contribution in [1.82, 2.24) is 15.1 Å². The van der Waals surface area contributed by atoms with Crippen LogP contribution in [-0.2, 0) is 4.74 Å². The summed E-state index contributed by atoms with van der Waals surface area (Å²) in [7, 11) is 0. The molecule has 3 amide bonds. The molecule has 0 aliphatic carbocycles. The van der Waals surface area contributed by atoms with Crippen LogP contribution in [-0.4, -0.2) is 59.7 Å². The quantitative estimate of drug-likeness (QED) is 0.616. The van der Waals surface area contributed by atoms with Gasteiger partial charge in [-0.1, -0.05) is 0 Å². The number of hydrogen-bond acceptors (Lipinski definition) is 3. The molecule has 0 aromatic carbocycles. The van der Waals surface area contributed by atoms with Crippen molar-refractivity contribution in [2.24, 2.45) is 5.92 Å². The number of amides is 3. The molecule has 2 saturated heterocycles. The first kappa shape index (κ1) is 19.4.